The second-order valence-electron chi connectivity index (χ2n) is 7.48. The Morgan fingerprint density at radius 3 is 2.86 bits per heavy atom. The highest BCUT2D eigenvalue weighted by Gasteiger charge is 2.26. The first-order valence-electron chi connectivity index (χ1n) is 9.67. The third-order valence-corrected chi connectivity index (χ3v) is 4.82. The van der Waals surface area contributed by atoms with Crippen LogP contribution in [0.25, 0.3) is 11.4 Å². The zero-order chi connectivity index (χ0) is 19.5. The van der Waals surface area contributed by atoms with Gasteiger partial charge in [0, 0.05) is 24.9 Å². The van der Waals surface area contributed by atoms with Gasteiger partial charge in [0.1, 0.15) is 18.0 Å². The summed E-state index contributed by atoms with van der Waals surface area (Å²) >= 11 is 0. The van der Waals surface area contributed by atoms with E-state index in [0.717, 1.165) is 35.7 Å². The lowest BCUT2D eigenvalue weighted by molar-refractivity contribution is -0.133. The van der Waals surface area contributed by atoms with Gasteiger partial charge in [0.25, 0.3) is 0 Å². The molecule has 0 unspecified atom stereocenters. The van der Waals surface area contributed by atoms with Crippen LogP contribution in [0.3, 0.4) is 0 Å². The molecule has 28 heavy (non-hydrogen) atoms. The topological polar surface area (TPSA) is 89.9 Å². The van der Waals surface area contributed by atoms with E-state index in [2.05, 4.69) is 34.2 Å². The van der Waals surface area contributed by atoms with Crippen molar-refractivity contribution in [2.24, 2.45) is 5.92 Å². The van der Waals surface area contributed by atoms with Gasteiger partial charge in [0.2, 0.25) is 11.7 Å². The molecule has 2 aromatic heterocycles. The van der Waals surface area contributed by atoms with E-state index in [9.17, 15) is 4.79 Å². The molecule has 1 amide bonds. The molecule has 0 bridgehead atoms. The van der Waals surface area contributed by atoms with Crippen LogP contribution in [0.1, 0.15) is 37.6 Å². The lowest BCUT2D eigenvalue weighted by Crippen LogP contribution is -2.38. The van der Waals surface area contributed by atoms with E-state index in [-0.39, 0.29) is 12.5 Å². The molecular weight excluding hydrogens is 356 g/mol. The number of amides is 1. The Labute approximate surface area is 163 Å². The molecule has 0 radical (unpaired) electrons. The zero-order valence-corrected chi connectivity index (χ0v) is 16.2. The number of hydrogen-bond donors (Lipinski definition) is 0. The molecule has 0 fully saturated rings. The van der Waals surface area contributed by atoms with Crippen LogP contribution in [0.15, 0.2) is 34.7 Å². The minimum Gasteiger partial charge on any atom is -0.445 e. The average molecular weight is 380 g/mol. The van der Waals surface area contributed by atoms with Crippen LogP contribution in [-0.2, 0) is 30.7 Å². The summed E-state index contributed by atoms with van der Waals surface area (Å²) in [7, 11) is 0. The van der Waals surface area contributed by atoms with Gasteiger partial charge >= 0.3 is 0 Å². The summed E-state index contributed by atoms with van der Waals surface area (Å²) in [6, 6.07) is 9.59. The van der Waals surface area contributed by atoms with Crippen LogP contribution in [0.4, 0.5) is 0 Å². The number of hydrogen-bond acceptors (Lipinski definition) is 6. The van der Waals surface area contributed by atoms with Crippen molar-refractivity contribution in [2.75, 3.05) is 6.54 Å². The smallest absolute Gasteiger partial charge is 0.246 e. The van der Waals surface area contributed by atoms with Gasteiger partial charge in [0.05, 0.1) is 6.54 Å². The first kappa shape index (κ1) is 18.3. The monoisotopic (exact) mass is 380 g/mol. The maximum Gasteiger partial charge on any atom is 0.246 e. The second kappa shape index (κ2) is 7.92. The van der Waals surface area contributed by atoms with Crippen LogP contribution in [0.2, 0.25) is 0 Å². The van der Waals surface area contributed by atoms with Gasteiger partial charge in [-0.2, -0.15) is 4.80 Å². The molecule has 146 valence electrons. The van der Waals surface area contributed by atoms with Crippen molar-refractivity contribution in [2.45, 2.75) is 46.2 Å². The minimum absolute atomic E-state index is 0.0469. The van der Waals surface area contributed by atoms with Crippen LogP contribution in [0, 0.1) is 5.92 Å². The Kier molecular flexibility index (Phi) is 5.18. The first-order chi connectivity index (χ1) is 13.6. The number of carbonyl (C=O) groups excluding carboxylic acids is 1. The number of nitrogens with zero attached hydrogens (tertiary/aromatic N) is 6. The summed E-state index contributed by atoms with van der Waals surface area (Å²) in [6.07, 6.45) is 2.57. The van der Waals surface area contributed by atoms with Crippen LogP contribution >= 0.6 is 0 Å². The number of aryl methyl sites for hydroxylation is 1. The Balaban J connectivity index is 1.38. The fourth-order valence-corrected chi connectivity index (χ4v) is 3.22. The van der Waals surface area contributed by atoms with Crippen molar-refractivity contribution in [3.8, 4) is 11.4 Å². The van der Waals surface area contributed by atoms with Gasteiger partial charge < -0.3 is 9.32 Å². The highest BCUT2D eigenvalue weighted by atomic mass is 16.4. The Bertz CT molecular complexity index is 947. The third-order valence-electron chi connectivity index (χ3n) is 4.82. The number of carbonyl (C=O) groups is 1. The van der Waals surface area contributed by atoms with Gasteiger partial charge in [0.15, 0.2) is 5.89 Å². The summed E-state index contributed by atoms with van der Waals surface area (Å²) in [4.78, 5) is 20.4. The number of tetrazole rings is 1. The molecule has 3 heterocycles. The van der Waals surface area contributed by atoms with Crippen molar-refractivity contribution in [3.63, 3.8) is 0 Å². The molecule has 1 aromatic carbocycles. The van der Waals surface area contributed by atoms with E-state index in [4.69, 9.17) is 4.42 Å². The maximum absolute atomic E-state index is 12.7. The molecule has 8 heteroatoms. The van der Waals surface area contributed by atoms with Crippen molar-refractivity contribution < 1.29 is 9.21 Å². The number of rotatable bonds is 6. The molecule has 0 saturated heterocycles. The minimum atomic E-state index is -0.0469. The largest absolute Gasteiger partial charge is 0.445 e. The molecule has 3 aromatic rings. The van der Waals surface area contributed by atoms with Crippen molar-refractivity contribution in [3.05, 3.63) is 47.7 Å². The van der Waals surface area contributed by atoms with Gasteiger partial charge in [-0.15, -0.1) is 10.2 Å². The SMILES string of the molecule is CC(C)CCc1nc2c(o1)CCN(C(=O)Cn1nnc(-c3ccccc3)n1)C2. The third kappa shape index (κ3) is 4.11. The molecule has 0 spiro atoms. The van der Waals surface area contributed by atoms with E-state index in [1.54, 1.807) is 4.90 Å². The van der Waals surface area contributed by atoms with Crippen LogP contribution in [0.5, 0.6) is 0 Å². The predicted molar refractivity (Wildman–Crippen MR) is 102 cm³/mol. The first-order valence-corrected chi connectivity index (χ1v) is 9.67. The molecule has 0 saturated carbocycles. The van der Waals surface area contributed by atoms with Gasteiger partial charge in [-0.1, -0.05) is 44.2 Å². The number of aromatic nitrogens is 5. The van der Waals surface area contributed by atoms with E-state index in [1.807, 2.05) is 30.3 Å². The lowest BCUT2D eigenvalue weighted by atomic mass is 10.1. The highest BCUT2D eigenvalue weighted by molar-refractivity contribution is 5.76. The van der Waals surface area contributed by atoms with Crippen LogP contribution < -0.4 is 0 Å². The number of oxazole rings is 1. The summed E-state index contributed by atoms with van der Waals surface area (Å²) in [6.45, 7) is 5.52. The second-order valence-corrected chi connectivity index (χ2v) is 7.48. The highest BCUT2D eigenvalue weighted by Crippen LogP contribution is 2.21. The van der Waals surface area contributed by atoms with E-state index >= 15 is 0 Å². The van der Waals surface area contributed by atoms with Crippen LogP contribution in [-0.4, -0.2) is 42.5 Å². The van der Waals surface area contributed by atoms with E-state index in [1.165, 1.54) is 4.80 Å². The number of benzene rings is 1. The zero-order valence-electron chi connectivity index (χ0n) is 16.2. The van der Waals surface area contributed by atoms with Crippen molar-refractivity contribution in [1.29, 1.82) is 0 Å². The molecule has 0 N–H and O–H groups in total. The van der Waals surface area contributed by atoms with E-state index < -0.39 is 0 Å². The molecule has 1 aliphatic rings. The Hall–Kier alpha value is -3.03. The molecule has 1 aliphatic heterocycles. The van der Waals surface area contributed by atoms with Crippen molar-refractivity contribution in [1.82, 2.24) is 30.1 Å². The standard InChI is InChI=1S/C20H24N6O2/c1-14(2)8-9-18-21-16-12-25(11-10-17(16)28-18)19(27)13-26-23-20(22-24-26)15-6-4-3-5-7-15/h3-7,14H,8-13H2,1-2H3. The number of fused-ring (bicyclic) bond motifs is 1. The molecular formula is C20H24N6O2. The molecule has 0 aliphatic carbocycles. The molecule has 0 atom stereocenters. The van der Waals surface area contributed by atoms with Gasteiger partial charge in [-0.05, 0) is 17.6 Å². The normalized spacial score (nSPS) is 13.8. The van der Waals surface area contributed by atoms with Crippen molar-refractivity contribution >= 4 is 5.91 Å². The summed E-state index contributed by atoms with van der Waals surface area (Å²) in [5, 5.41) is 12.4. The lowest BCUT2D eigenvalue weighted by Gasteiger charge is -2.24. The average Bonchev–Trinajstić information content (AvgIpc) is 3.33. The van der Waals surface area contributed by atoms with E-state index in [0.29, 0.717) is 31.3 Å². The summed E-state index contributed by atoms with van der Waals surface area (Å²) in [5.74, 6) is 2.76. The fraction of sp³-hybridized carbons (Fsp3) is 0.450. The summed E-state index contributed by atoms with van der Waals surface area (Å²) < 4.78 is 5.87. The quantitative estimate of drug-likeness (QED) is 0.653. The van der Waals surface area contributed by atoms with Gasteiger partial charge in [-0.25, -0.2) is 4.98 Å². The molecule has 4 rings (SSSR count). The summed E-state index contributed by atoms with van der Waals surface area (Å²) in [5.41, 5.74) is 1.75. The Morgan fingerprint density at radius 1 is 1.25 bits per heavy atom. The molecule has 8 nitrogen and oxygen atoms in total. The van der Waals surface area contributed by atoms with Gasteiger partial charge in [-0.3, -0.25) is 4.79 Å². The Morgan fingerprint density at radius 2 is 2.07 bits per heavy atom. The maximum atomic E-state index is 12.7. The predicted octanol–water partition coefficient (Wildman–Crippen LogP) is 2.50. The fourth-order valence-electron chi connectivity index (χ4n) is 3.22.